The van der Waals surface area contributed by atoms with Gasteiger partial charge in [-0.3, -0.25) is 4.68 Å². The number of hydrogen-bond acceptors (Lipinski definition) is 4. The van der Waals surface area contributed by atoms with E-state index in [2.05, 4.69) is 10.3 Å². The standard InChI is InChI=1S/C11H13ClN4O/c1-16-6-8(14-15-16)7-17-11-4-2-3-10(12)9(11)5-13/h2-4,6H,5,7,13H2,1H3. The number of aromatic nitrogens is 3. The number of rotatable bonds is 4. The molecule has 1 aromatic carbocycles. The lowest BCUT2D eigenvalue weighted by Crippen LogP contribution is -2.03. The Balaban J connectivity index is 2.11. The number of hydrogen-bond donors (Lipinski definition) is 1. The normalized spacial score (nSPS) is 10.5. The van der Waals surface area contributed by atoms with Crippen LogP contribution in [0.25, 0.3) is 0 Å². The quantitative estimate of drug-likeness (QED) is 0.896. The fraction of sp³-hybridized carbons (Fsp3) is 0.273. The van der Waals surface area contributed by atoms with Crippen LogP contribution in [0.1, 0.15) is 11.3 Å². The van der Waals surface area contributed by atoms with Crippen molar-refractivity contribution in [3.05, 3.63) is 40.7 Å². The third kappa shape index (κ3) is 2.75. The summed E-state index contributed by atoms with van der Waals surface area (Å²) < 4.78 is 7.25. The zero-order valence-electron chi connectivity index (χ0n) is 9.43. The highest BCUT2D eigenvalue weighted by molar-refractivity contribution is 6.31. The number of halogens is 1. The van der Waals surface area contributed by atoms with Crippen LogP contribution < -0.4 is 10.5 Å². The molecule has 0 spiro atoms. The predicted molar refractivity (Wildman–Crippen MR) is 64.7 cm³/mol. The van der Waals surface area contributed by atoms with Crippen LogP contribution in [0.3, 0.4) is 0 Å². The van der Waals surface area contributed by atoms with Gasteiger partial charge in [-0.1, -0.05) is 22.9 Å². The second-order valence-corrected chi connectivity index (χ2v) is 4.00. The van der Waals surface area contributed by atoms with Gasteiger partial charge in [0.05, 0.1) is 6.20 Å². The first-order valence-electron chi connectivity index (χ1n) is 5.16. The van der Waals surface area contributed by atoms with Crippen LogP contribution in [0.5, 0.6) is 5.75 Å². The summed E-state index contributed by atoms with van der Waals surface area (Å²) >= 11 is 6.02. The molecule has 0 fully saturated rings. The van der Waals surface area contributed by atoms with E-state index in [-0.39, 0.29) is 0 Å². The maximum atomic E-state index is 6.02. The molecule has 2 aromatic rings. The lowest BCUT2D eigenvalue weighted by atomic mass is 10.2. The minimum atomic E-state index is 0.343. The number of benzene rings is 1. The zero-order chi connectivity index (χ0) is 12.3. The highest BCUT2D eigenvalue weighted by Crippen LogP contribution is 2.26. The number of nitrogens with two attached hydrogens (primary N) is 1. The van der Waals surface area contributed by atoms with E-state index in [9.17, 15) is 0 Å². The lowest BCUT2D eigenvalue weighted by Gasteiger charge is -2.10. The second-order valence-electron chi connectivity index (χ2n) is 3.59. The predicted octanol–water partition coefficient (Wildman–Crippen LogP) is 1.51. The van der Waals surface area contributed by atoms with Crippen molar-refractivity contribution in [2.75, 3.05) is 0 Å². The first-order chi connectivity index (χ1) is 8.20. The van der Waals surface area contributed by atoms with Crippen molar-refractivity contribution in [1.29, 1.82) is 0 Å². The van der Waals surface area contributed by atoms with Gasteiger partial charge in [-0.15, -0.1) is 5.10 Å². The molecular formula is C11H13ClN4O. The topological polar surface area (TPSA) is 66.0 Å². The van der Waals surface area contributed by atoms with Gasteiger partial charge in [0.2, 0.25) is 0 Å². The Hall–Kier alpha value is -1.59. The number of ether oxygens (including phenoxy) is 1. The van der Waals surface area contributed by atoms with E-state index in [0.717, 1.165) is 11.3 Å². The van der Waals surface area contributed by atoms with E-state index < -0.39 is 0 Å². The van der Waals surface area contributed by atoms with Crippen LogP contribution in [0.4, 0.5) is 0 Å². The van der Waals surface area contributed by atoms with Crippen LogP contribution in [0, 0.1) is 0 Å². The fourth-order valence-corrected chi connectivity index (χ4v) is 1.73. The molecule has 2 rings (SSSR count). The van der Waals surface area contributed by atoms with Gasteiger partial charge in [0.15, 0.2) is 0 Å². The molecular weight excluding hydrogens is 240 g/mol. The molecule has 0 bridgehead atoms. The lowest BCUT2D eigenvalue weighted by molar-refractivity contribution is 0.298. The first kappa shape index (κ1) is 11.9. The van der Waals surface area contributed by atoms with Gasteiger partial charge in [0.25, 0.3) is 0 Å². The van der Waals surface area contributed by atoms with Gasteiger partial charge >= 0.3 is 0 Å². The smallest absolute Gasteiger partial charge is 0.134 e. The van der Waals surface area contributed by atoms with Crippen LogP contribution in [0.2, 0.25) is 5.02 Å². The van der Waals surface area contributed by atoms with Crippen molar-refractivity contribution in [2.45, 2.75) is 13.2 Å². The Kier molecular flexibility index (Phi) is 3.61. The highest BCUT2D eigenvalue weighted by atomic mass is 35.5. The van der Waals surface area contributed by atoms with Crippen molar-refractivity contribution in [3.8, 4) is 5.75 Å². The van der Waals surface area contributed by atoms with Crippen LogP contribution in [-0.4, -0.2) is 15.0 Å². The summed E-state index contributed by atoms with van der Waals surface area (Å²) in [7, 11) is 1.81. The van der Waals surface area contributed by atoms with Gasteiger partial charge < -0.3 is 10.5 Å². The largest absolute Gasteiger partial charge is 0.487 e. The summed E-state index contributed by atoms with van der Waals surface area (Å²) in [5.41, 5.74) is 7.19. The van der Waals surface area contributed by atoms with Gasteiger partial charge in [0.1, 0.15) is 18.1 Å². The van der Waals surface area contributed by atoms with E-state index in [1.165, 1.54) is 0 Å². The SMILES string of the molecule is Cn1cc(COc2cccc(Cl)c2CN)nn1. The molecule has 0 aliphatic carbocycles. The Bertz CT molecular complexity index is 512. The summed E-state index contributed by atoms with van der Waals surface area (Å²) in [6.07, 6.45) is 1.80. The molecule has 0 radical (unpaired) electrons. The first-order valence-corrected chi connectivity index (χ1v) is 5.54. The van der Waals surface area contributed by atoms with Crippen LogP contribution in [-0.2, 0) is 20.2 Å². The summed E-state index contributed by atoms with van der Waals surface area (Å²) in [5, 5.41) is 8.37. The van der Waals surface area contributed by atoms with Crippen LogP contribution in [0.15, 0.2) is 24.4 Å². The van der Waals surface area contributed by atoms with E-state index in [0.29, 0.717) is 23.9 Å². The summed E-state index contributed by atoms with van der Waals surface area (Å²) in [6.45, 7) is 0.691. The Labute approximate surface area is 104 Å². The van der Waals surface area contributed by atoms with Crippen molar-refractivity contribution >= 4 is 11.6 Å². The molecule has 1 aromatic heterocycles. The third-order valence-electron chi connectivity index (χ3n) is 2.31. The molecule has 2 N–H and O–H groups in total. The molecule has 0 aliphatic heterocycles. The summed E-state index contributed by atoms with van der Waals surface area (Å²) in [5.74, 6) is 0.686. The van der Waals surface area contributed by atoms with Crippen molar-refractivity contribution < 1.29 is 4.74 Å². The maximum absolute atomic E-state index is 6.02. The minimum Gasteiger partial charge on any atom is -0.487 e. The van der Waals surface area contributed by atoms with Crippen molar-refractivity contribution in [2.24, 2.45) is 12.8 Å². The molecule has 1 heterocycles. The molecule has 0 amide bonds. The Morgan fingerprint density at radius 2 is 2.29 bits per heavy atom. The minimum absolute atomic E-state index is 0.343. The Morgan fingerprint density at radius 1 is 1.47 bits per heavy atom. The van der Waals surface area contributed by atoms with Gasteiger partial charge in [0, 0.05) is 24.2 Å². The summed E-state index contributed by atoms with van der Waals surface area (Å²) in [4.78, 5) is 0. The van der Waals surface area contributed by atoms with E-state index in [1.54, 1.807) is 24.0 Å². The molecule has 5 nitrogen and oxygen atoms in total. The molecule has 0 aliphatic rings. The number of aryl methyl sites for hydroxylation is 1. The molecule has 90 valence electrons. The zero-order valence-corrected chi connectivity index (χ0v) is 10.2. The van der Waals surface area contributed by atoms with E-state index in [4.69, 9.17) is 22.1 Å². The fourth-order valence-electron chi connectivity index (χ4n) is 1.49. The molecule has 6 heteroatoms. The molecule has 0 saturated carbocycles. The van der Waals surface area contributed by atoms with Gasteiger partial charge in [-0.25, -0.2) is 0 Å². The second kappa shape index (κ2) is 5.16. The van der Waals surface area contributed by atoms with Gasteiger partial charge in [-0.2, -0.15) is 0 Å². The highest BCUT2D eigenvalue weighted by Gasteiger charge is 2.07. The number of nitrogens with zero attached hydrogens (tertiary/aromatic N) is 3. The maximum Gasteiger partial charge on any atom is 0.134 e. The molecule has 0 unspecified atom stereocenters. The van der Waals surface area contributed by atoms with E-state index in [1.807, 2.05) is 12.1 Å². The average Bonchev–Trinajstić information content (AvgIpc) is 2.72. The van der Waals surface area contributed by atoms with E-state index >= 15 is 0 Å². The monoisotopic (exact) mass is 252 g/mol. The molecule has 0 atom stereocenters. The average molecular weight is 253 g/mol. The molecule has 17 heavy (non-hydrogen) atoms. The van der Waals surface area contributed by atoms with Crippen molar-refractivity contribution in [1.82, 2.24) is 15.0 Å². The van der Waals surface area contributed by atoms with Crippen molar-refractivity contribution in [3.63, 3.8) is 0 Å². The third-order valence-corrected chi connectivity index (χ3v) is 2.66. The summed E-state index contributed by atoms with van der Waals surface area (Å²) in [6, 6.07) is 5.46. The molecule has 0 saturated heterocycles. The Morgan fingerprint density at radius 3 is 2.94 bits per heavy atom. The van der Waals surface area contributed by atoms with Gasteiger partial charge in [-0.05, 0) is 12.1 Å². The van der Waals surface area contributed by atoms with Crippen LogP contribution >= 0.6 is 11.6 Å².